The summed E-state index contributed by atoms with van der Waals surface area (Å²) in [7, 11) is 5.65. The summed E-state index contributed by atoms with van der Waals surface area (Å²) in [5.74, 6) is 0.939. The normalized spacial score (nSPS) is 13.8. The Morgan fingerprint density at radius 1 is 0.957 bits per heavy atom. The summed E-state index contributed by atoms with van der Waals surface area (Å²) in [5, 5.41) is 0. The molecule has 0 aliphatic carbocycles. The van der Waals surface area contributed by atoms with Gasteiger partial charge in [-0.05, 0) is 37.6 Å². The van der Waals surface area contributed by atoms with Crippen molar-refractivity contribution >= 4 is 0 Å². The molecule has 23 heavy (non-hydrogen) atoms. The van der Waals surface area contributed by atoms with Crippen molar-refractivity contribution in [3.63, 3.8) is 0 Å². The largest absolute Gasteiger partial charge is 0.496 e. The van der Waals surface area contributed by atoms with Gasteiger partial charge in [-0.2, -0.15) is 0 Å². The third-order valence-electron chi connectivity index (χ3n) is 4.48. The molecule has 0 spiro atoms. The topological polar surface area (TPSA) is 21.7 Å². The van der Waals surface area contributed by atoms with E-state index in [4.69, 9.17) is 9.47 Å². The number of benzene rings is 2. The van der Waals surface area contributed by atoms with Crippen LogP contribution >= 0.6 is 0 Å². The molecule has 0 fully saturated rings. The van der Waals surface area contributed by atoms with Crippen LogP contribution < -0.4 is 4.74 Å². The molecule has 0 aliphatic rings. The van der Waals surface area contributed by atoms with Crippen LogP contribution in [0.4, 0.5) is 0 Å². The molecule has 2 rings (SSSR count). The second-order valence-corrected chi connectivity index (χ2v) is 5.88. The van der Waals surface area contributed by atoms with E-state index in [0.717, 1.165) is 12.2 Å². The molecule has 2 aromatic carbocycles. The Bertz CT molecular complexity index is 585. The van der Waals surface area contributed by atoms with Gasteiger partial charge in [-0.1, -0.05) is 48.5 Å². The van der Waals surface area contributed by atoms with Crippen LogP contribution in [0.5, 0.6) is 5.75 Å². The van der Waals surface area contributed by atoms with Crippen molar-refractivity contribution in [3.8, 4) is 5.75 Å². The van der Waals surface area contributed by atoms with Crippen LogP contribution in [0, 0.1) is 0 Å². The molecule has 3 nitrogen and oxygen atoms in total. The number of hydrogen-bond donors (Lipinski definition) is 0. The minimum absolute atomic E-state index is 0.284. The predicted octanol–water partition coefficient (Wildman–Crippen LogP) is 3.95. The second-order valence-electron chi connectivity index (χ2n) is 5.88. The standard InChI is InChI=1S/C20H27NO2/c1-16(17-10-6-5-7-11-17)21(2)19(15-22-3)14-18-12-8-9-13-20(18)23-4/h5-13,16,19H,14-15H2,1-4H3/t16-,19-/m1/s1. The molecule has 0 radical (unpaired) electrons. The second kappa shape index (κ2) is 8.70. The average molecular weight is 313 g/mol. The lowest BCUT2D eigenvalue weighted by atomic mass is 10.0. The highest BCUT2D eigenvalue weighted by molar-refractivity contribution is 5.34. The van der Waals surface area contributed by atoms with Crippen LogP contribution in [-0.4, -0.2) is 38.8 Å². The van der Waals surface area contributed by atoms with E-state index in [1.807, 2.05) is 12.1 Å². The van der Waals surface area contributed by atoms with Crippen LogP contribution in [-0.2, 0) is 11.2 Å². The van der Waals surface area contributed by atoms with E-state index in [-0.39, 0.29) is 6.04 Å². The van der Waals surface area contributed by atoms with Gasteiger partial charge in [0.15, 0.2) is 0 Å². The highest BCUT2D eigenvalue weighted by Crippen LogP contribution is 2.25. The van der Waals surface area contributed by atoms with Crippen LogP contribution in [0.25, 0.3) is 0 Å². The van der Waals surface area contributed by atoms with Crippen LogP contribution in [0.15, 0.2) is 54.6 Å². The Morgan fingerprint density at radius 3 is 2.26 bits per heavy atom. The molecular weight excluding hydrogens is 286 g/mol. The molecule has 3 heteroatoms. The number of para-hydroxylation sites is 1. The van der Waals surface area contributed by atoms with Crippen molar-refractivity contribution in [1.82, 2.24) is 4.90 Å². The zero-order valence-corrected chi connectivity index (χ0v) is 14.5. The van der Waals surface area contributed by atoms with Crippen LogP contribution in [0.3, 0.4) is 0 Å². The van der Waals surface area contributed by atoms with Gasteiger partial charge in [-0.25, -0.2) is 0 Å². The quantitative estimate of drug-likeness (QED) is 0.736. The molecule has 124 valence electrons. The monoisotopic (exact) mass is 313 g/mol. The summed E-state index contributed by atoms with van der Waals surface area (Å²) in [4.78, 5) is 2.38. The van der Waals surface area contributed by atoms with Crippen molar-refractivity contribution < 1.29 is 9.47 Å². The SMILES string of the molecule is COC[C@@H](Cc1ccccc1OC)N(C)[C@H](C)c1ccccc1. The Balaban J connectivity index is 2.17. The highest BCUT2D eigenvalue weighted by Gasteiger charge is 2.22. The van der Waals surface area contributed by atoms with Gasteiger partial charge in [-0.3, -0.25) is 4.90 Å². The number of methoxy groups -OCH3 is 2. The predicted molar refractivity (Wildman–Crippen MR) is 95.0 cm³/mol. The van der Waals surface area contributed by atoms with E-state index in [0.29, 0.717) is 12.6 Å². The smallest absolute Gasteiger partial charge is 0.122 e. The molecular formula is C20H27NO2. The Kier molecular flexibility index (Phi) is 6.63. The van der Waals surface area contributed by atoms with E-state index in [2.05, 4.69) is 61.3 Å². The molecule has 0 N–H and O–H groups in total. The molecule has 0 bridgehead atoms. The van der Waals surface area contributed by atoms with Crippen LogP contribution in [0.1, 0.15) is 24.1 Å². The molecule has 2 aromatic rings. The number of hydrogen-bond acceptors (Lipinski definition) is 3. The van der Waals surface area contributed by atoms with Gasteiger partial charge in [-0.15, -0.1) is 0 Å². The minimum Gasteiger partial charge on any atom is -0.496 e. The van der Waals surface area contributed by atoms with Crippen LogP contribution in [0.2, 0.25) is 0 Å². The lowest BCUT2D eigenvalue weighted by molar-refractivity contribution is 0.0838. The summed E-state index contributed by atoms with van der Waals surface area (Å²) in [6.45, 7) is 2.92. The summed E-state index contributed by atoms with van der Waals surface area (Å²) in [6.07, 6.45) is 0.894. The first kappa shape index (κ1) is 17.5. The third-order valence-corrected chi connectivity index (χ3v) is 4.48. The summed E-state index contributed by atoms with van der Waals surface area (Å²) in [6, 6.07) is 19.4. The van der Waals surface area contributed by atoms with E-state index < -0.39 is 0 Å². The number of ether oxygens (including phenoxy) is 2. The maximum Gasteiger partial charge on any atom is 0.122 e. The average Bonchev–Trinajstić information content (AvgIpc) is 2.61. The summed E-state index contributed by atoms with van der Waals surface area (Å²) >= 11 is 0. The first-order valence-electron chi connectivity index (χ1n) is 8.05. The Labute approximate surface area is 139 Å². The fourth-order valence-electron chi connectivity index (χ4n) is 2.92. The first-order chi connectivity index (χ1) is 11.2. The molecule has 2 atom stereocenters. The molecule has 0 saturated heterocycles. The zero-order valence-electron chi connectivity index (χ0n) is 14.5. The van der Waals surface area contributed by atoms with Gasteiger partial charge < -0.3 is 9.47 Å². The fraction of sp³-hybridized carbons (Fsp3) is 0.400. The van der Waals surface area contributed by atoms with Gasteiger partial charge in [0, 0.05) is 19.2 Å². The molecule has 0 aliphatic heterocycles. The number of likely N-dealkylation sites (N-methyl/N-ethyl adjacent to an activating group) is 1. The Hall–Kier alpha value is -1.84. The molecule has 0 amide bonds. The van der Waals surface area contributed by atoms with Gasteiger partial charge in [0.2, 0.25) is 0 Å². The summed E-state index contributed by atoms with van der Waals surface area (Å²) in [5.41, 5.74) is 2.53. The van der Waals surface area contributed by atoms with Crippen molar-refractivity contribution in [1.29, 1.82) is 0 Å². The third kappa shape index (κ3) is 4.57. The van der Waals surface area contributed by atoms with Gasteiger partial charge >= 0.3 is 0 Å². The summed E-state index contributed by atoms with van der Waals surface area (Å²) < 4.78 is 11.0. The van der Waals surface area contributed by atoms with Gasteiger partial charge in [0.05, 0.1) is 13.7 Å². The molecule has 0 unspecified atom stereocenters. The molecule has 0 heterocycles. The number of rotatable bonds is 8. The van der Waals surface area contributed by atoms with Crippen molar-refractivity contribution in [2.45, 2.75) is 25.4 Å². The van der Waals surface area contributed by atoms with E-state index in [9.17, 15) is 0 Å². The van der Waals surface area contributed by atoms with E-state index in [1.54, 1.807) is 14.2 Å². The fourth-order valence-corrected chi connectivity index (χ4v) is 2.92. The minimum atomic E-state index is 0.284. The number of nitrogens with zero attached hydrogens (tertiary/aromatic N) is 1. The van der Waals surface area contributed by atoms with Gasteiger partial charge in [0.1, 0.15) is 5.75 Å². The van der Waals surface area contributed by atoms with E-state index in [1.165, 1.54) is 11.1 Å². The lowest BCUT2D eigenvalue weighted by Crippen LogP contribution is -2.39. The molecule has 0 saturated carbocycles. The van der Waals surface area contributed by atoms with Crippen molar-refractivity contribution in [2.24, 2.45) is 0 Å². The lowest BCUT2D eigenvalue weighted by Gasteiger charge is -2.33. The van der Waals surface area contributed by atoms with Gasteiger partial charge in [0.25, 0.3) is 0 Å². The van der Waals surface area contributed by atoms with Crippen molar-refractivity contribution in [2.75, 3.05) is 27.9 Å². The maximum absolute atomic E-state index is 5.49. The Morgan fingerprint density at radius 2 is 1.61 bits per heavy atom. The molecule has 0 aromatic heterocycles. The van der Waals surface area contributed by atoms with Crippen molar-refractivity contribution in [3.05, 3.63) is 65.7 Å². The maximum atomic E-state index is 5.49. The highest BCUT2D eigenvalue weighted by atomic mass is 16.5. The first-order valence-corrected chi connectivity index (χ1v) is 8.05. The van der Waals surface area contributed by atoms with E-state index >= 15 is 0 Å². The zero-order chi connectivity index (χ0) is 16.7.